The summed E-state index contributed by atoms with van der Waals surface area (Å²) in [5, 5.41) is 0. The molecule has 0 N–H and O–H groups in total. The van der Waals surface area contributed by atoms with Crippen LogP contribution in [-0.2, 0) is 9.47 Å². The Bertz CT molecular complexity index is 76.5. The Balaban J connectivity index is 2.91. The molecule has 0 atom stereocenters. The van der Waals surface area contributed by atoms with E-state index >= 15 is 0 Å². The molecule has 0 unspecified atom stereocenters. The van der Waals surface area contributed by atoms with E-state index in [1.165, 1.54) is 0 Å². The van der Waals surface area contributed by atoms with Crippen LogP contribution in [0.15, 0.2) is 0 Å². The van der Waals surface area contributed by atoms with Gasteiger partial charge in [0.15, 0.2) is 0 Å². The third kappa shape index (κ3) is 9.78. The monoisotopic (exact) mass is 168 g/mol. The average Bonchev–Trinajstić information content (AvgIpc) is 1.85. The molecule has 0 aromatic rings. The second-order valence-electron chi connectivity index (χ2n) is 2.40. The first-order valence-corrected chi connectivity index (χ1v) is 3.64. The van der Waals surface area contributed by atoms with Gasteiger partial charge in [0.2, 0.25) is 0 Å². The minimum absolute atomic E-state index is 0.0599. The maximum atomic E-state index is 11.4. The van der Waals surface area contributed by atoms with E-state index in [2.05, 4.69) is 4.74 Å². The van der Waals surface area contributed by atoms with Crippen LogP contribution in [-0.4, -0.2) is 25.9 Å². The molecule has 0 aliphatic heterocycles. The zero-order valence-corrected chi connectivity index (χ0v) is 6.85. The number of alkyl halides is 2. The topological polar surface area (TPSA) is 18.5 Å². The van der Waals surface area contributed by atoms with Crippen molar-refractivity contribution in [3.63, 3.8) is 0 Å². The van der Waals surface area contributed by atoms with Crippen LogP contribution in [0.25, 0.3) is 0 Å². The second kappa shape index (κ2) is 6.49. The van der Waals surface area contributed by atoms with Gasteiger partial charge < -0.3 is 9.47 Å². The maximum absolute atomic E-state index is 11.4. The number of halogens is 2. The average molecular weight is 168 g/mol. The summed E-state index contributed by atoms with van der Waals surface area (Å²) in [6.45, 7) is 1.67. The smallest absolute Gasteiger partial charge is 0.345 e. The van der Waals surface area contributed by atoms with Crippen molar-refractivity contribution in [3.8, 4) is 0 Å². The fourth-order valence-corrected chi connectivity index (χ4v) is 0.550. The summed E-state index contributed by atoms with van der Waals surface area (Å²) in [5.74, 6) is 0. The molecule has 0 aromatic heterocycles. The molecule has 0 fully saturated rings. The summed E-state index contributed by atoms with van der Waals surface area (Å²) in [6.07, 6.45) is 0.671. The van der Waals surface area contributed by atoms with E-state index in [0.29, 0.717) is 13.0 Å². The zero-order chi connectivity index (χ0) is 8.69. The lowest BCUT2D eigenvalue weighted by Crippen LogP contribution is -2.08. The van der Waals surface area contributed by atoms with Crippen molar-refractivity contribution in [1.82, 2.24) is 0 Å². The first kappa shape index (κ1) is 10.8. The summed E-state index contributed by atoms with van der Waals surface area (Å²) in [4.78, 5) is 0. The van der Waals surface area contributed by atoms with Gasteiger partial charge in [-0.3, -0.25) is 0 Å². The highest BCUT2D eigenvalue weighted by Gasteiger charge is 2.00. The molecule has 0 aliphatic rings. The highest BCUT2D eigenvalue weighted by atomic mass is 19.3. The molecule has 2 nitrogen and oxygen atoms in total. The van der Waals surface area contributed by atoms with Gasteiger partial charge in [0.1, 0.15) is 0 Å². The van der Waals surface area contributed by atoms with Gasteiger partial charge in [0.05, 0.1) is 12.7 Å². The predicted octanol–water partition coefficient (Wildman–Crippen LogP) is 2.04. The van der Waals surface area contributed by atoms with Crippen molar-refractivity contribution in [3.05, 3.63) is 0 Å². The quantitative estimate of drug-likeness (QED) is 0.565. The Morgan fingerprint density at radius 2 is 1.64 bits per heavy atom. The molecule has 0 rings (SSSR count). The molecule has 0 aliphatic carbocycles. The van der Waals surface area contributed by atoms with Crippen molar-refractivity contribution in [2.45, 2.75) is 33.0 Å². The SMILES string of the molecule is CC(C)OCCCOC(F)F. The van der Waals surface area contributed by atoms with Crippen LogP contribution in [0.3, 0.4) is 0 Å². The van der Waals surface area contributed by atoms with Gasteiger partial charge in [-0.1, -0.05) is 0 Å². The molecule has 0 saturated heterocycles. The van der Waals surface area contributed by atoms with Crippen molar-refractivity contribution in [2.75, 3.05) is 13.2 Å². The molecule has 0 saturated carbocycles. The van der Waals surface area contributed by atoms with Crippen LogP contribution in [0.5, 0.6) is 0 Å². The van der Waals surface area contributed by atoms with Crippen LogP contribution < -0.4 is 0 Å². The molecule has 0 radical (unpaired) electrons. The molecular weight excluding hydrogens is 154 g/mol. The molecule has 0 heterocycles. The van der Waals surface area contributed by atoms with Gasteiger partial charge in [-0.05, 0) is 20.3 Å². The molecule has 0 spiro atoms. The highest BCUT2D eigenvalue weighted by molar-refractivity contribution is 4.38. The fourth-order valence-electron chi connectivity index (χ4n) is 0.550. The van der Waals surface area contributed by atoms with E-state index in [4.69, 9.17) is 4.74 Å². The summed E-state index contributed by atoms with van der Waals surface area (Å²) in [5.41, 5.74) is 0. The largest absolute Gasteiger partial charge is 0.379 e. The third-order valence-corrected chi connectivity index (χ3v) is 0.984. The van der Waals surface area contributed by atoms with Gasteiger partial charge in [-0.2, -0.15) is 8.78 Å². The van der Waals surface area contributed by atoms with E-state index in [1.54, 1.807) is 0 Å². The van der Waals surface area contributed by atoms with Gasteiger partial charge in [0, 0.05) is 6.61 Å². The number of hydrogen-bond donors (Lipinski definition) is 0. The van der Waals surface area contributed by atoms with Crippen molar-refractivity contribution in [2.24, 2.45) is 0 Å². The molecule has 4 heteroatoms. The van der Waals surface area contributed by atoms with Crippen molar-refractivity contribution < 1.29 is 18.3 Å². The first-order valence-electron chi connectivity index (χ1n) is 3.64. The van der Waals surface area contributed by atoms with Crippen LogP contribution >= 0.6 is 0 Å². The number of hydrogen-bond acceptors (Lipinski definition) is 2. The molecular formula is C7H14F2O2. The maximum Gasteiger partial charge on any atom is 0.345 e. The second-order valence-corrected chi connectivity index (χ2v) is 2.40. The molecule has 68 valence electrons. The summed E-state index contributed by atoms with van der Waals surface area (Å²) >= 11 is 0. The Kier molecular flexibility index (Phi) is 6.36. The fraction of sp³-hybridized carbons (Fsp3) is 1.00. The number of rotatable bonds is 6. The predicted molar refractivity (Wildman–Crippen MR) is 37.7 cm³/mol. The standard InChI is InChI=1S/C7H14F2O2/c1-6(2)10-4-3-5-11-7(8)9/h6-7H,3-5H2,1-2H3. The van der Waals surface area contributed by atoms with E-state index in [0.717, 1.165) is 0 Å². The van der Waals surface area contributed by atoms with E-state index in [1.807, 2.05) is 13.8 Å². The van der Waals surface area contributed by atoms with Gasteiger partial charge in [-0.25, -0.2) is 0 Å². The lowest BCUT2D eigenvalue weighted by Gasteiger charge is -2.06. The highest BCUT2D eigenvalue weighted by Crippen LogP contribution is 1.96. The lowest BCUT2D eigenvalue weighted by molar-refractivity contribution is -0.132. The van der Waals surface area contributed by atoms with Crippen LogP contribution in [0.4, 0.5) is 8.78 Å². The zero-order valence-electron chi connectivity index (χ0n) is 6.85. The lowest BCUT2D eigenvalue weighted by atomic mass is 10.4. The van der Waals surface area contributed by atoms with Crippen LogP contribution in [0.2, 0.25) is 0 Å². The minimum Gasteiger partial charge on any atom is -0.379 e. The van der Waals surface area contributed by atoms with E-state index < -0.39 is 6.61 Å². The summed E-state index contributed by atoms with van der Waals surface area (Å²) < 4.78 is 31.8. The van der Waals surface area contributed by atoms with Crippen molar-refractivity contribution in [1.29, 1.82) is 0 Å². The Morgan fingerprint density at radius 3 is 2.09 bits per heavy atom. The third-order valence-electron chi connectivity index (χ3n) is 0.984. The number of ether oxygens (including phenoxy) is 2. The Labute approximate surface area is 65.5 Å². The Hall–Kier alpha value is -0.220. The molecule has 0 amide bonds. The van der Waals surface area contributed by atoms with E-state index in [9.17, 15) is 8.78 Å². The van der Waals surface area contributed by atoms with Gasteiger partial charge in [0.25, 0.3) is 0 Å². The van der Waals surface area contributed by atoms with Gasteiger partial charge in [-0.15, -0.1) is 0 Å². The van der Waals surface area contributed by atoms with Crippen LogP contribution in [0, 0.1) is 0 Å². The van der Waals surface area contributed by atoms with Gasteiger partial charge >= 0.3 is 6.61 Å². The summed E-state index contributed by atoms with van der Waals surface area (Å²) in [6, 6.07) is 0. The van der Waals surface area contributed by atoms with Crippen LogP contribution in [0.1, 0.15) is 20.3 Å². The Morgan fingerprint density at radius 1 is 1.09 bits per heavy atom. The normalized spacial score (nSPS) is 11.5. The minimum atomic E-state index is -2.66. The van der Waals surface area contributed by atoms with Crippen molar-refractivity contribution >= 4 is 0 Å². The molecule has 0 aromatic carbocycles. The first-order chi connectivity index (χ1) is 5.13. The van der Waals surface area contributed by atoms with E-state index in [-0.39, 0.29) is 12.7 Å². The molecule has 0 bridgehead atoms. The molecule has 11 heavy (non-hydrogen) atoms. The summed E-state index contributed by atoms with van der Waals surface area (Å²) in [7, 11) is 0.